The zero-order chi connectivity index (χ0) is 21.7. The predicted molar refractivity (Wildman–Crippen MR) is 116 cm³/mol. The Kier molecular flexibility index (Phi) is 6.27. The molecule has 2 amide bonds. The number of methoxy groups -OCH3 is 1. The van der Waals surface area contributed by atoms with E-state index < -0.39 is 5.97 Å². The summed E-state index contributed by atoms with van der Waals surface area (Å²) in [6, 6.07) is 18.8. The van der Waals surface area contributed by atoms with Crippen molar-refractivity contribution in [2.45, 2.75) is 13.8 Å². The molecular weight excluding hydrogens is 380 g/mol. The van der Waals surface area contributed by atoms with Gasteiger partial charge in [-0.25, -0.2) is 4.79 Å². The number of hydrogen-bond donors (Lipinski definition) is 2. The Morgan fingerprint density at radius 3 is 1.40 bits per heavy atom. The Labute approximate surface area is 174 Å². The van der Waals surface area contributed by atoms with Gasteiger partial charge in [0.05, 0.1) is 12.7 Å². The molecule has 6 heteroatoms. The molecule has 0 saturated heterocycles. The largest absolute Gasteiger partial charge is 0.465 e. The van der Waals surface area contributed by atoms with Gasteiger partial charge in [-0.05, 0) is 56.3 Å². The van der Waals surface area contributed by atoms with Crippen molar-refractivity contribution < 1.29 is 19.1 Å². The molecule has 0 radical (unpaired) electrons. The van der Waals surface area contributed by atoms with Crippen LogP contribution in [0.25, 0.3) is 0 Å². The van der Waals surface area contributed by atoms with E-state index in [1.165, 1.54) is 19.2 Å². The van der Waals surface area contributed by atoms with E-state index in [-0.39, 0.29) is 17.4 Å². The Morgan fingerprint density at radius 1 is 0.633 bits per heavy atom. The Bertz CT molecular complexity index is 1010. The molecule has 0 atom stereocenters. The van der Waals surface area contributed by atoms with Gasteiger partial charge in [-0.15, -0.1) is 0 Å². The van der Waals surface area contributed by atoms with E-state index in [0.717, 1.165) is 11.1 Å². The van der Waals surface area contributed by atoms with E-state index in [2.05, 4.69) is 10.6 Å². The van der Waals surface area contributed by atoms with Crippen molar-refractivity contribution in [1.82, 2.24) is 0 Å². The summed E-state index contributed by atoms with van der Waals surface area (Å²) in [6.45, 7) is 3.87. The molecule has 6 nitrogen and oxygen atoms in total. The Morgan fingerprint density at radius 2 is 1.03 bits per heavy atom. The van der Waals surface area contributed by atoms with Crippen molar-refractivity contribution in [1.29, 1.82) is 0 Å². The molecule has 3 aromatic carbocycles. The molecule has 0 spiro atoms. The highest BCUT2D eigenvalue weighted by molar-refractivity contribution is 6.07. The first kappa shape index (κ1) is 20.8. The maximum atomic E-state index is 12.5. The summed E-state index contributed by atoms with van der Waals surface area (Å²) < 4.78 is 4.79. The third kappa shape index (κ3) is 5.11. The summed E-state index contributed by atoms with van der Waals surface area (Å²) in [6.07, 6.45) is 0. The van der Waals surface area contributed by atoms with Gasteiger partial charge in [0.2, 0.25) is 0 Å². The van der Waals surface area contributed by atoms with Gasteiger partial charge in [-0.2, -0.15) is 0 Å². The molecule has 152 valence electrons. The lowest BCUT2D eigenvalue weighted by molar-refractivity contribution is 0.0600. The monoisotopic (exact) mass is 402 g/mol. The molecule has 0 aliphatic rings. The van der Waals surface area contributed by atoms with Gasteiger partial charge in [-0.1, -0.05) is 35.4 Å². The molecule has 0 aromatic heterocycles. The smallest absolute Gasteiger partial charge is 0.337 e. The Hall–Kier alpha value is -3.93. The van der Waals surface area contributed by atoms with Crippen molar-refractivity contribution in [2.75, 3.05) is 17.7 Å². The van der Waals surface area contributed by atoms with Crippen molar-refractivity contribution in [3.8, 4) is 0 Å². The van der Waals surface area contributed by atoms with Crippen LogP contribution in [0, 0.1) is 13.8 Å². The highest BCUT2D eigenvalue weighted by Crippen LogP contribution is 2.22. The molecule has 0 bridgehead atoms. The second kappa shape index (κ2) is 9.05. The fourth-order valence-electron chi connectivity index (χ4n) is 2.82. The molecule has 0 saturated carbocycles. The average Bonchev–Trinajstić information content (AvgIpc) is 2.73. The van der Waals surface area contributed by atoms with Crippen LogP contribution in [0.15, 0.2) is 66.7 Å². The minimum absolute atomic E-state index is 0.207. The van der Waals surface area contributed by atoms with Gasteiger partial charge in [0.1, 0.15) is 0 Å². The van der Waals surface area contributed by atoms with E-state index in [1.54, 1.807) is 30.3 Å². The maximum Gasteiger partial charge on any atom is 0.337 e. The number of hydrogen-bond acceptors (Lipinski definition) is 4. The SMILES string of the molecule is COC(=O)c1cc(NC(=O)c2ccc(C)cc2)cc(NC(=O)c2ccc(C)cc2)c1. The first-order valence-electron chi connectivity index (χ1n) is 9.35. The van der Waals surface area contributed by atoms with Gasteiger partial charge in [0.15, 0.2) is 0 Å². The maximum absolute atomic E-state index is 12.5. The molecule has 30 heavy (non-hydrogen) atoms. The quantitative estimate of drug-likeness (QED) is 0.611. The fourth-order valence-corrected chi connectivity index (χ4v) is 2.82. The molecule has 0 fully saturated rings. The van der Waals surface area contributed by atoms with Gasteiger partial charge < -0.3 is 15.4 Å². The molecule has 0 aliphatic heterocycles. The van der Waals surface area contributed by atoms with Gasteiger partial charge >= 0.3 is 5.97 Å². The normalized spacial score (nSPS) is 10.2. The topological polar surface area (TPSA) is 84.5 Å². The van der Waals surface area contributed by atoms with E-state index >= 15 is 0 Å². The molecule has 3 aromatic rings. The zero-order valence-electron chi connectivity index (χ0n) is 17.0. The van der Waals surface area contributed by atoms with Crippen molar-refractivity contribution >= 4 is 29.2 Å². The van der Waals surface area contributed by atoms with Crippen molar-refractivity contribution in [2.24, 2.45) is 0 Å². The lowest BCUT2D eigenvalue weighted by atomic mass is 10.1. The second-order valence-corrected chi connectivity index (χ2v) is 6.93. The van der Waals surface area contributed by atoms with E-state index in [1.807, 2.05) is 38.1 Å². The minimum atomic E-state index is -0.577. The fraction of sp³-hybridized carbons (Fsp3) is 0.125. The molecule has 2 N–H and O–H groups in total. The van der Waals surface area contributed by atoms with Crippen LogP contribution < -0.4 is 10.6 Å². The summed E-state index contributed by atoms with van der Waals surface area (Å²) >= 11 is 0. The third-order valence-corrected chi connectivity index (χ3v) is 4.50. The third-order valence-electron chi connectivity index (χ3n) is 4.50. The van der Waals surface area contributed by atoms with E-state index in [0.29, 0.717) is 22.5 Å². The standard InChI is InChI=1S/C24H22N2O4/c1-15-4-8-17(9-5-15)22(27)25-20-12-19(24(29)30-3)13-21(14-20)26-23(28)18-10-6-16(2)7-11-18/h4-14H,1-3H3,(H,25,27)(H,26,28). The van der Waals surface area contributed by atoms with Crippen LogP contribution in [0.5, 0.6) is 0 Å². The highest BCUT2D eigenvalue weighted by atomic mass is 16.5. The van der Waals surface area contributed by atoms with E-state index in [9.17, 15) is 14.4 Å². The lowest BCUT2D eigenvalue weighted by Gasteiger charge is -2.12. The summed E-state index contributed by atoms with van der Waals surface area (Å²) in [4.78, 5) is 37.2. The summed E-state index contributed by atoms with van der Waals surface area (Å²) in [7, 11) is 1.27. The van der Waals surface area contributed by atoms with Crippen LogP contribution in [0.1, 0.15) is 42.2 Å². The Balaban J connectivity index is 1.86. The average molecular weight is 402 g/mol. The number of ether oxygens (including phenoxy) is 1. The summed E-state index contributed by atoms with van der Waals surface area (Å²) in [5.74, 6) is -1.23. The first-order chi connectivity index (χ1) is 14.4. The number of carbonyl (C=O) groups is 3. The van der Waals surface area contributed by atoms with Crippen LogP contribution >= 0.6 is 0 Å². The number of anilines is 2. The molecule has 0 aliphatic carbocycles. The number of esters is 1. The number of nitrogens with one attached hydrogen (secondary N) is 2. The number of carbonyl (C=O) groups excluding carboxylic acids is 3. The minimum Gasteiger partial charge on any atom is -0.465 e. The number of benzene rings is 3. The van der Waals surface area contributed by atoms with Gasteiger partial charge in [-0.3, -0.25) is 9.59 Å². The number of aryl methyl sites for hydroxylation is 2. The molecule has 3 rings (SSSR count). The van der Waals surface area contributed by atoms with Crippen LogP contribution in [0.4, 0.5) is 11.4 Å². The predicted octanol–water partition coefficient (Wildman–Crippen LogP) is 4.59. The van der Waals surface area contributed by atoms with Crippen LogP contribution in [0.3, 0.4) is 0 Å². The zero-order valence-corrected chi connectivity index (χ0v) is 17.0. The summed E-state index contributed by atoms with van der Waals surface area (Å²) in [5, 5.41) is 5.52. The highest BCUT2D eigenvalue weighted by Gasteiger charge is 2.14. The summed E-state index contributed by atoms with van der Waals surface area (Å²) in [5.41, 5.74) is 3.98. The van der Waals surface area contributed by atoms with E-state index in [4.69, 9.17) is 4.74 Å². The second-order valence-electron chi connectivity index (χ2n) is 6.93. The van der Waals surface area contributed by atoms with Crippen molar-refractivity contribution in [3.63, 3.8) is 0 Å². The van der Waals surface area contributed by atoms with Gasteiger partial charge in [0.25, 0.3) is 11.8 Å². The van der Waals surface area contributed by atoms with Crippen molar-refractivity contribution in [3.05, 3.63) is 94.5 Å². The van der Waals surface area contributed by atoms with Gasteiger partial charge in [0, 0.05) is 22.5 Å². The number of rotatable bonds is 5. The lowest BCUT2D eigenvalue weighted by Crippen LogP contribution is -2.15. The molecular formula is C24H22N2O4. The van der Waals surface area contributed by atoms with Crippen LogP contribution in [0.2, 0.25) is 0 Å². The molecule has 0 unspecified atom stereocenters. The number of amides is 2. The van der Waals surface area contributed by atoms with Crippen LogP contribution in [-0.2, 0) is 4.74 Å². The van der Waals surface area contributed by atoms with Crippen LogP contribution in [-0.4, -0.2) is 24.9 Å². The molecule has 0 heterocycles. The first-order valence-corrected chi connectivity index (χ1v) is 9.35.